The first kappa shape index (κ1) is 58.6. The number of imidazole rings is 2. The molecule has 6 aromatic heterocycles. The third kappa shape index (κ3) is 11.2. The van der Waals surface area contributed by atoms with Crippen LogP contribution in [0, 0.1) is 24.3 Å². The third-order valence-electron chi connectivity index (χ3n) is 17.9. The Labute approximate surface area is 566 Å². The minimum Gasteiger partial charge on any atom is -0.319 e. The van der Waals surface area contributed by atoms with E-state index in [0.717, 1.165) is 100 Å². The van der Waals surface area contributed by atoms with Crippen LogP contribution in [0.3, 0.4) is 0 Å². The second kappa shape index (κ2) is 24.1. The quantitative estimate of drug-likeness (QED) is 0.135. The van der Waals surface area contributed by atoms with Crippen molar-refractivity contribution in [2.75, 3.05) is 0 Å². The monoisotopic (exact) mass is 1550 g/mol. The fourth-order valence-corrected chi connectivity index (χ4v) is 12.6. The summed E-state index contributed by atoms with van der Waals surface area (Å²) in [6.45, 7) is 20.0. The third-order valence-corrected chi connectivity index (χ3v) is 17.9. The maximum absolute atomic E-state index is 8.07. The summed E-state index contributed by atoms with van der Waals surface area (Å²) < 4.78 is 36.4. The van der Waals surface area contributed by atoms with Gasteiger partial charge in [0, 0.05) is 112 Å². The molecule has 0 saturated carbocycles. The molecule has 10 heteroatoms. The number of rotatable bonds is 9. The van der Waals surface area contributed by atoms with Crippen molar-refractivity contribution in [3.8, 4) is 28.7 Å². The maximum atomic E-state index is 8.07. The van der Waals surface area contributed by atoms with Crippen molar-refractivity contribution >= 4 is 65.7 Å². The SMILES string of the molecule is CC(C)(C)c1ccnc(-n2c3[c-]c(C(C)(C)c4[c-]c(-n5[cH+]n(-c6ccccc6)c6ccccc65)ccc4)ccc3c3ccccc32)c1.[2H]C([2H])([2H])n1[cH+]n(-c2[c-]c(C(C)(C)c3[c-]c4c(cc3)c3ccccc3n4-c3cc(C(C)(C)C)ccn3)ccc2)c2ccccc21.[Pt].[Pt]. The molecule has 0 spiro atoms. The van der Waals surface area contributed by atoms with E-state index in [1.807, 2.05) is 53.4 Å². The molecule has 0 bridgehead atoms. The Bertz CT molecular complexity index is 5330. The Balaban J connectivity index is 0.000000177. The van der Waals surface area contributed by atoms with E-state index in [1.54, 1.807) is 6.33 Å². The van der Waals surface area contributed by atoms with E-state index in [9.17, 15) is 0 Å². The molecule has 15 rings (SSSR count). The van der Waals surface area contributed by atoms with E-state index in [0.29, 0.717) is 5.52 Å². The van der Waals surface area contributed by atoms with E-state index in [4.69, 9.17) is 14.1 Å². The average Bonchev–Trinajstić information content (AvgIpc) is 1.56. The molecule has 0 saturated heterocycles. The maximum Gasteiger partial charge on any atom is 0.188 e. The molecule has 458 valence electrons. The molecule has 0 atom stereocenters. The van der Waals surface area contributed by atoms with Gasteiger partial charge in [-0.1, -0.05) is 147 Å². The van der Waals surface area contributed by atoms with Gasteiger partial charge < -0.3 is 9.13 Å². The zero-order chi connectivity index (χ0) is 64.1. The van der Waals surface area contributed by atoms with Crippen LogP contribution in [0.2, 0.25) is 0 Å². The van der Waals surface area contributed by atoms with Crippen LogP contribution in [0.5, 0.6) is 0 Å². The summed E-state index contributed by atoms with van der Waals surface area (Å²) in [6, 6.07) is 88.7. The Morgan fingerprint density at radius 1 is 0.363 bits per heavy atom. The predicted molar refractivity (Wildman–Crippen MR) is 368 cm³/mol. The Hall–Kier alpha value is -8.80. The minimum absolute atomic E-state index is 0. The van der Waals surface area contributed by atoms with Gasteiger partial charge in [0.1, 0.15) is 17.3 Å². The van der Waals surface area contributed by atoms with E-state index in [2.05, 4.69) is 294 Å². The molecule has 6 heterocycles. The molecular weight excluding hydrogens is 1480 g/mol. The Morgan fingerprint density at radius 3 is 1.22 bits per heavy atom. The topological polar surface area (TPSA) is 55.4 Å². The molecule has 0 amide bonds. The molecule has 0 aliphatic heterocycles. The summed E-state index contributed by atoms with van der Waals surface area (Å²) in [5, 5.41) is 4.65. The van der Waals surface area contributed by atoms with E-state index >= 15 is 0 Å². The van der Waals surface area contributed by atoms with Gasteiger partial charge in [-0.3, -0.25) is 0 Å². The van der Waals surface area contributed by atoms with Crippen LogP contribution in [0.15, 0.2) is 237 Å². The van der Waals surface area contributed by atoms with Crippen LogP contribution in [0.25, 0.3) is 94.4 Å². The van der Waals surface area contributed by atoms with Crippen molar-refractivity contribution < 1.29 is 46.2 Å². The zero-order valence-corrected chi connectivity index (χ0v) is 57.3. The first-order chi connectivity index (χ1) is 44.0. The fraction of sp³-hybridized carbons (Fsp3) is 0.185. The minimum atomic E-state index is -2.30. The van der Waals surface area contributed by atoms with Crippen LogP contribution >= 0.6 is 0 Å². The number of pyridine rings is 2. The second-order valence-corrected chi connectivity index (χ2v) is 26.5. The van der Waals surface area contributed by atoms with Crippen molar-refractivity contribution in [1.82, 2.24) is 37.4 Å². The number of para-hydroxylation sites is 7. The molecule has 0 aliphatic rings. The molecule has 9 aromatic carbocycles. The van der Waals surface area contributed by atoms with Gasteiger partial charge in [-0.05, 0) is 104 Å². The van der Waals surface area contributed by atoms with Gasteiger partial charge in [0.05, 0.1) is 0 Å². The average molecular weight is 1550 g/mol. The van der Waals surface area contributed by atoms with Gasteiger partial charge in [-0.25, -0.2) is 23.7 Å². The number of fused-ring (bicyclic) bond motifs is 8. The predicted octanol–water partition coefficient (Wildman–Crippen LogP) is 19.4. The van der Waals surface area contributed by atoms with Crippen molar-refractivity contribution in [3.63, 3.8) is 0 Å². The van der Waals surface area contributed by atoms with E-state index in [-0.39, 0.29) is 58.4 Å². The van der Waals surface area contributed by atoms with Gasteiger partial charge in [0.15, 0.2) is 34.7 Å². The molecule has 15 aromatic rings. The summed E-state index contributed by atoms with van der Waals surface area (Å²) in [5.41, 5.74) is 16.7. The van der Waals surface area contributed by atoms with Crippen LogP contribution in [-0.4, -0.2) is 37.4 Å². The van der Waals surface area contributed by atoms with E-state index in [1.165, 1.54) is 26.5 Å². The van der Waals surface area contributed by atoms with Gasteiger partial charge in [-0.15, -0.1) is 46.2 Å². The first-order valence-electron chi connectivity index (χ1n) is 32.1. The Morgan fingerprint density at radius 2 is 0.758 bits per heavy atom. The molecule has 8 nitrogen and oxygen atoms in total. The first-order valence-corrected chi connectivity index (χ1v) is 30.6. The van der Waals surface area contributed by atoms with Crippen LogP contribution < -0.4 is 0 Å². The van der Waals surface area contributed by atoms with Crippen molar-refractivity contribution in [2.45, 2.75) is 90.9 Å². The summed E-state index contributed by atoms with van der Waals surface area (Å²) in [5.74, 6) is 1.78. The van der Waals surface area contributed by atoms with Crippen molar-refractivity contribution in [2.24, 2.45) is 6.98 Å². The molecule has 0 radical (unpaired) electrons. The number of hydrogen-bond donors (Lipinski definition) is 0. The van der Waals surface area contributed by atoms with Crippen LogP contribution in [0.4, 0.5) is 0 Å². The molecular formula is C81H72N8Pt2-2. The normalized spacial score (nSPS) is 12.8. The largest absolute Gasteiger partial charge is 0.319 e. The summed E-state index contributed by atoms with van der Waals surface area (Å²) in [6.07, 6.45) is 7.64. The smallest absolute Gasteiger partial charge is 0.188 e. The van der Waals surface area contributed by atoms with Crippen molar-refractivity contribution in [1.29, 1.82) is 0 Å². The molecule has 0 aliphatic carbocycles. The van der Waals surface area contributed by atoms with Crippen LogP contribution in [-0.2, 0) is 70.8 Å². The second-order valence-electron chi connectivity index (χ2n) is 26.5. The number of benzene rings is 9. The molecule has 91 heavy (non-hydrogen) atoms. The zero-order valence-electron chi connectivity index (χ0n) is 55.7. The number of nitrogens with zero attached hydrogens (tertiary/aromatic N) is 8. The fourth-order valence-electron chi connectivity index (χ4n) is 12.6. The Kier molecular flexibility index (Phi) is 15.5. The van der Waals surface area contributed by atoms with Gasteiger partial charge in [0.2, 0.25) is 0 Å². The number of aryl methyl sites for hydroxylation is 1. The van der Waals surface area contributed by atoms with Crippen molar-refractivity contribution in [3.05, 3.63) is 295 Å². The molecule has 0 N–H and O–H groups in total. The van der Waals surface area contributed by atoms with Crippen LogP contribution in [0.1, 0.15) is 107 Å². The standard InChI is InChI=1S/C43H37N4.C38H35N4.2Pt/c1-42(2,3)30-24-25-44-41(28-30)47-37-19-10-9-18-35(37)36-23-22-32(27-40(36)47)43(4,5)31-14-13-17-34(26-31)46-29-45(33-15-7-6-8-16-33)38-20-11-12-21-39(38)46;1-37(2,3)26-20-21-39-36(24-26)42-32-15-8-7-14-30(32)31-19-18-28(23-35(31)42)38(4,5)27-12-11-13-29(22-27)41-25-40(6)33-16-9-10-17-34(33)41;;/h6-25,28-29H,1-5H3;7-21,24-25H,1-6H3;;/q2*-1;;/i;6D3;;. The summed E-state index contributed by atoms with van der Waals surface area (Å²) in [4.78, 5) is 9.70. The number of hydrogen-bond acceptors (Lipinski definition) is 2. The van der Waals surface area contributed by atoms with Gasteiger partial charge >= 0.3 is 0 Å². The van der Waals surface area contributed by atoms with E-state index < -0.39 is 12.4 Å². The number of aromatic nitrogens is 8. The van der Waals surface area contributed by atoms with Gasteiger partial charge in [0.25, 0.3) is 0 Å². The summed E-state index contributed by atoms with van der Waals surface area (Å²) in [7, 11) is 0. The molecule has 0 unspecified atom stereocenters. The molecule has 0 fully saturated rings. The summed E-state index contributed by atoms with van der Waals surface area (Å²) >= 11 is 0. The van der Waals surface area contributed by atoms with Gasteiger partial charge in [-0.2, -0.15) is 76.4 Å².